The first-order valence-corrected chi connectivity index (χ1v) is 7.60. The lowest BCUT2D eigenvalue weighted by Gasteiger charge is -2.32. The van der Waals surface area contributed by atoms with Gasteiger partial charge in [0.2, 0.25) is 5.91 Å². The molecule has 0 aliphatic carbocycles. The topological polar surface area (TPSA) is 64.0 Å². The highest BCUT2D eigenvalue weighted by Gasteiger charge is 2.33. The molecule has 1 saturated heterocycles. The lowest BCUT2D eigenvalue weighted by Crippen LogP contribution is -2.45. The van der Waals surface area contributed by atoms with E-state index in [1.807, 2.05) is 28.0 Å². The molecule has 0 bridgehead atoms. The maximum Gasteiger partial charge on any atom is 0.241 e. The minimum absolute atomic E-state index is 0.0130. The lowest BCUT2D eigenvalue weighted by molar-refractivity contribution is -0.120. The van der Waals surface area contributed by atoms with Crippen LogP contribution in [-0.2, 0) is 11.2 Å². The Labute approximate surface area is 124 Å². The molecule has 1 fully saturated rings. The van der Waals surface area contributed by atoms with Crippen LogP contribution in [0.5, 0.6) is 0 Å². The maximum absolute atomic E-state index is 12.6. The number of nitrogens with zero attached hydrogens (tertiary/aromatic N) is 2. The van der Waals surface area contributed by atoms with Crippen LogP contribution in [0.4, 0.5) is 5.69 Å². The number of anilines is 1. The van der Waals surface area contributed by atoms with E-state index in [-0.39, 0.29) is 25.1 Å². The van der Waals surface area contributed by atoms with Gasteiger partial charge in [0.05, 0.1) is 19.3 Å². The van der Waals surface area contributed by atoms with Gasteiger partial charge >= 0.3 is 0 Å². The van der Waals surface area contributed by atoms with Gasteiger partial charge in [-0.15, -0.1) is 0 Å². The molecule has 2 heterocycles. The predicted molar refractivity (Wildman–Crippen MR) is 80.2 cm³/mol. The summed E-state index contributed by atoms with van der Waals surface area (Å²) in [6.07, 6.45) is 2.10. The summed E-state index contributed by atoms with van der Waals surface area (Å²) in [7, 11) is 0. The molecular formula is C16H22N2O3. The highest BCUT2D eigenvalue weighted by atomic mass is 16.3. The molecule has 0 spiro atoms. The van der Waals surface area contributed by atoms with Crippen LogP contribution in [0.25, 0.3) is 0 Å². The average Bonchev–Trinajstić information content (AvgIpc) is 2.86. The molecule has 0 saturated carbocycles. The first-order valence-electron chi connectivity index (χ1n) is 7.60. The van der Waals surface area contributed by atoms with Gasteiger partial charge in [0.25, 0.3) is 0 Å². The van der Waals surface area contributed by atoms with E-state index in [9.17, 15) is 15.0 Å². The largest absolute Gasteiger partial charge is 0.395 e. The maximum atomic E-state index is 12.6. The van der Waals surface area contributed by atoms with Gasteiger partial charge in [-0.25, -0.2) is 0 Å². The second kappa shape index (κ2) is 6.13. The zero-order chi connectivity index (χ0) is 14.8. The van der Waals surface area contributed by atoms with Gasteiger partial charge in [-0.05, 0) is 30.9 Å². The molecule has 2 atom stereocenters. The number of fused-ring (bicyclic) bond motifs is 1. The fourth-order valence-electron chi connectivity index (χ4n) is 3.39. The van der Waals surface area contributed by atoms with Crippen molar-refractivity contribution in [1.82, 2.24) is 4.90 Å². The predicted octanol–water partition coefficient (Wildman–Crippen LogP) is 0.393. The number of rotatable bonds is 3. The van der Waals surface area contributed by atoms with E-state index in [0.717, 1.165) is 25.1 Å². The number of hydrogen-bond donors (Lipinski definition) is 2. The molecule has 1 aromatic rings. The molecule has 0 unspecified atom stereocenters. The van der Waals surface area contributed by atoms with Crippen LogP contribution in [0.15, 0.2) is 24.3 Å². The third-order valence-corrected chi connectivity index (χ3v) is 4.47. The molecular weight excluding hydrogens is 268 g/mol. The molecule has 1 aromatic carbocycles. The molecule has 114 valence electrons. The highest BCUT2D eigenvalue weighted by molar-refractivity contribution is 5.96. The van der Waals surface area contributed by atoms with Crippen molar-refractivity contribution in [3.05, 3.63) is 29.8 Å². The Hall–Kier alpha value is -1.43. The summed E-state index contributed by atoms with van der Waals surface area (Å²) >= 11 is 0. The van der Waals surface area contributed by atoms with Gasteiger partial charge in [-0.2, -0.15) is 0 Å². The van der Waals surface area contributed by atoms with Crippen molar-refractivity contribution >= 4 is 11.6 Å². The Morgan fingerprint density at radius 2 is 2.14 bits per heavy atom. The van der Waals surface area contributed by atoms with Crippen LogP contribution in [0.3, 0.4) is 0 Å². The minimum Gasteiger partial charge on any atom is -0.395 e. The van der Waals surface area contributed by atoms with Crippen molar-refractivity contribution in [1.29, 1.82) is 0 Å². The average molecular weight is 290 g/mol. The summed E-state index contributed by atoms with van der Waals surface area (Å²) in [6, 6.07) is 7.93. The summed E-state index contributed by atoms with van der Waals surface area (Å²) in [6.45, 7) is 1.46. The van der Waals surface area contributed by atoms with E-state index < -0.39 is 6.10 Å². The van der Waals surface area contributed by atoms with Gasteiger partial charge in [0.15, 0.2) is 0 Å². The molecule has 5 nitrogen and oxygen atoms in total. The SMILES string of the molecule is O=C(CN1C[C@H](O)C[C@H]1CO)N1CCCc2ccccc21. The third kappa shape index (κ3) is 2.95. The molecule has 5 heteroatoms. The van der Waals surface area contributed by atoms with Gasteiger partial charge in [0.1, 0.15) is 0 Å². The van der Waals surface area contributed by atoms with Gasteiger partial charge in [-0.1, -0.05) is 18.2 Å². The van der Waals surface area contributed by atoms with Crippen molar-refractivity contribution in [2.45, 2.75) is 31.4 Å². The van der Waals surface area contributed by atoms with Crippen LogP contribution < -0.4 is 4.90 Å². The Morgan fingerprint density at radius 3 is 2.95 bits per heavy atom. The van der Waals surface area contributed by atoms with Crippen LogP contribution >= 0.6 is 0 Å². The number of para-hydroxylation sites is 1. The van der Waals surface area contributed by atoms with E-state index >= 15 is 0 Å². The normalized spacial score (nSPS) is 25.9. The zero-order valence-corrected chi connectivity index (χ0v) is 12.1. The molecule has 21 heavy (non-hydrogen) atoms. The second-order valence-corrected chi connectivity index (χ2v) is 5.93. The highest BCUT2D eigenvalue weighted by Crippen LogP contribution is 2.27. The van der Waals surface area contributed by atoms with Crippen LogP contribution in [-0.4, -0.2) is 59.4 Å². The Morgan fingerprint density at radius 1 is 1.33 bits per heavy atom. The van der Waals surface area contributed by atoms with E-state index in [4.69, 9.17) is 0 Å². The lowest BCUT2D eigenvalue weighted by atomic mass is 10.0. The van der Waals surface area contributed by atoms with Crippen LogP contribution in [0, 0.1) is 0 Å². The van der Waals surface area contributed by atoms with Crippen molar-refractivity contribution < 1.29 is 15.0 Å². The molecule has 0 aromatic heterocycles. The Kier molecular flexibility index (Phi) is 4.24. The van der Waals surface area contributed by atoms with E-state index in [1.54, 1.807) is 0 Å². The van der Waals surface area contributed by atoms with Crippen molar-refractivity contribution in [3.63, 3.8) is 0 Å². The number of amides is 1. The number of likely N-dealkylation sites (tertiary alicyclic amines) is 1. The monoisotopic (exact) mass is 290 g/mol. The van der Waals surface area contributed by atoms with E-state index in [0.29, 0.717) is 13.0 Å². The summed E-state index contributed by atoms with van der Waals surface area (Å²) in [5.74, 6) is 0.0506. The van der Waals surface area contributed by atoms with Crippen molar-refractivity contribution in [2.75, 3.05) is 31.1 Å². The first kappa shape index (κ1) is 14.5. The summed E-state index contributed by atoms with van der Waals surface area (Å²) < 4.78 is 0. The number of aliphatic hydroxyl groups is 2. The number of aliphatic hydroxyl groups excluding tert-OH is 2. The van der Waals surface area contributed by atoms with Crippen LogP contribution in [0.2, 0.25) is 0 Å². The molecule has 2 N–H and O–H groups in total. The molecule has 2 aliphatic heterocycles. The molecule has 3 rings (SSSR count). The Bertz CT molecular complexity index is 520. The van der Waals surface area contributed by atoms with Crippen molar-refractivity contribution in [3.8, 4) is 0 Å². The summed E-state index contributed by atoms with van der Waals surface area (Å²) in [5, 5.41) is 19.1. The number of β-amino-alcohol motifs (C(OH)–C–C–N with tert-alkyl or cyclic N) is 1. The zero-order valence-electron chi connectivity index (χ0n) is 12.1. The Balaban J connectivity index is 1.72. The minimum atomic E-state index is -0.441. The number of benzene rings is 1. The third-order valence-electron chi connectivity index (χ3n) is 4.47. The van der Waals surface area contributed by atoms with Gasteiger partial charge in [0, 0.05) is 24.8 Å². The van der Waals surface area contributed by atoms with Crippen LogP contribution in [0.1, 0.15) is 18.4 Å². The standard InChI is InChI=1S/C16H22N2O3/c19-11-13-8-14(20)9-17(13)10-16(21)18-7-3-5-12-4-1-2-6-15(12)18/h1-2,4,6,13-14,19-20H,3,5,7-11H2/t13-,14+/m0/s1. The fourth-order valence-corrected chi connectivity index (χ4v) is 3.39. The van der Waals surface area contributed by atoms with E-state index in [1.165, 1.54) is 5.56 Å². The first-order chi connectivity index (χ1) is 10.2. The number of hydrogen-bond acceptors (Lipinski definition) is 4. The van der Waals surface area contributed by atoms with Gasteiger partial charge in [-0.3, -0.25) is 9.69 Å². The second-order valence-electron chi connectivity index (χ2n) is 5.93. The smallest absolute Gasteiger partial charge is 0.241 e. The fraction of sp³-hybridized carbons (Fsp3) is 0.562. The van der Waals surface area contributed by atoms with Crippen molar-refractivity contribution in [2.24, 2.45) is 0 Å². The summed E-state index contributed by atoms with van der Waals surface area (Å²) in [5.41, 5.74) is 2.23. The number of carbonyl (C=O) groups is 1. The molecule has 0 radical (unpaired) electrons. The summed E-state index contributed by atoms with van der Waals surface area (Å²) in [4.78, 5) is 16.3. The molecule has 1 amide bonds. The quantitative estimate of drug-likeness (QED) is 0.845. The van der Waals surface area contributed by atoms with Gasteiger partial charge < -0.3 is 15.1 Å². The number of aryl methyl sites for hydroxylation is 1. The molecule has 2 aliphatic rings. The number of carbonyl (C=O) groups excluding carboxylic acids is 1. The van der Waals surface area contributed by atoms with E-state index in [2.05, 4.69) is 6.07 Å².